The van der Waals surface area contributed by atoms with E-state index in [1.165, 1.54) is 12.1 Å². The van der Waals surface area contributed by atoms with Gasteiger partial charge in [-0.3, -0.25) is 9.59 Å². The van der Waals surface area contributed by atoms with Gasteiger partial charge in [0.25, 0.3) is 5.91 Å². The van der Waals surface area contributed by atoms with E-state index in [0.29, 0.717) is 6.07 Å². The van der Waals surface area contributed by atoms with Gasteiger partial charge in [-0.15, -0.1) is 23.2 Å². The normalized spacial score (nSPS) is 17.9. The monoisotopic (exact) mass is 580 g/mol. The molecule has 1 fully saturated rings. The number of carbonyl (C=O) groups is 2. The van der Waals surface area contributed by atoms with E-state index in [4.69, 9.17) is 34.8 Å². The molecule has 2 N–H and O–H groups in total. The number of amides is 2. The maximum Gasteiger partial charge on any atom is 0.257 e. The molecule has 3 aromatic carbocycles. The Bertz CT molecular complexity index is 1440. The SMILES string of the molecule is Cc1c(F)c(F)c(F)c(C2C(C(=O)Nc3ccc(Cl)c(C(=O)Nc4ccc(F)cc4F)c3)C2(Cl)Cl)c1F. The van der Waals surface area contributed by atoms with Crippen molar-refractivity contribution in [2.24, 2.45) is 5.92 Å². The molecule has 3 aromatic rings. The second kappa shape index (κ2) is 9.74. The van der Waals surface area contributed by atoms with Crippen LogP contribution in [-0.2, 0) is 4.79 Å². The van der Waals surface area contributed by atoms with E-state index in [-0.39, 0.29) is 22.0 Å². The molecule has 0 aromatic heterocycles. The maximum absolute atomic E-state index is 14.6. The summed E-state index contributed by atoms with van der Waals surface area (Å²) in [4.78, 5) is 25.5. The van der Waals surface area contributed by atoms with Crippen LogP contribution < -0.4 is 10.6 Å². The molecule has 2 atom stereocenters. The van der Waals surface area contributed by atoms with E-state index < -0.39 is 74.0 Å². The predicted octanol–water partition coefficient (Wildman–Crippen LogP) is 7.26. The summed E-state index contributed by atoms with van der Waals surface area (Å²) in [6.07, 6.45) is 0. The quantitative estimate of drug-likeness (QED) is 0.144. The molecular weight excluding hydrogens is 569 g/mol. The van der Waals surface area contributed by atoms with Crippen molar-refractivity contribution in [2.45, 2.75) is 17.2 Å². The first kappa shape index (κ1) is 27.1. The van der Waals surface area contributed by atoms with Gasteiger partial charge in [-0.1, -0.05) is 11.6 Å². The second-order valence-electron chi connectivity index (χ2n) is 8.19. The predicted molar refractivity (Wildman–Crippen MR) is 126 cm³/mol. The van der Waals surface area contributed by atoms with Crippen LogP contribution in [0.25, 0.3) is 0 Å². The van der Waals surface area contributed by atoms with E-state index in [1.54, 1.807) is 0 Å². The van der Waals surface area contributed by atoms with Gasteiger partial charge < -0.3 is 10.6 Å². The molecule has 1 aliphatic rings. The third-order valence-electron chi connectivity index (χ3n) is 5.82. The average molecular weight is 582 g/mol. The fourth-order valence-electron chi connectivity index (χ4n) is 3.84. The fraction of sp³-hybridized carbons (Fsp3) is 0.167. The topological polar surface area (TPSA) is 58.2 Å². The highest BCUT2D eigenvalue weighted by molar-refractivity contribution is 6.53. The van der Waals surface area contributed by atoms with Crippen LogP contribution in [-0.4, -0.2) is 16.1 Å². The number of hydrogen-bond acceptors (Lipinski definition) is 2. The van der Waals surface area contributed by atoms with Gasteiger partial charge in [0.05, 0.1) is 22.2 Å². The van der Waals surface area contributed by atoms with Crippen molar-refractivity contribution in [2.75, 3.05) is 10.6 Å². The first-order valence-electron chi connectivity index (χ1n) is 10.3. The van der Waals surface area contributed by atoms with Crippen LogP contribution in [0, 0.1) is 47.7 Å². The summed E-state index contributed by atoms with van der Waals surface area (Å²) in [6.45, 7) is 0.885. The van der Waals surface area contributed by atoms with Crippen molar-refractivity contribution in [3.63, 3.8) is 0 Å². The van der Waals surface area contributed by atoms with Crippen molar-refractivity contribution in [1.82, 2.24) is 0 Å². The molecule has 0 radical (unpaired) electrons. The summed E-state index contributed by atoms with van der Waals surface area (Å²) in [5, 5.41) is 4.48. The molecule has 0 saturated heterocycles. The van der Waals surface area contributed by atoms with Gasteiger partial charge in [0.2, 0.25) is 5.91 Å². The molecule has 4 nitrogen and oxygen atoms in total. The van der Waals surface area contributed by atoms with Crippen LogP contribution >= 0.6 is 34.8 Å². The Labute approximate surface area is 220 Å². The van der Waals surface area contributed by atoms with Crippen LogP contribution in [0.4, 0.5) is 37.7 Å². The van der Waals surface area contributed by atoms with Crippen molar-refractivity contribution in [1.29, 1.82) is 0 Å². The van der Waals surface area contributed by atoms with Crippen molar-refractivity contribution >= 4 is 58.0 Å². The van der Waals surface area contributed by atoms with Crippen LogP contribution in [0.2, 0.25) is 5.02 Å². The summed E-state index contributed by atoms with van der Waals surface area (Å²) in [5.74, 6) is -13.7. The number of halogens is 9. The zero-order valence-electron chi connectivity index (χ0n) is 18.3. The third-order valence-corrected chi connectivity index (χ3v) is 7.09. The summed E-state index contributed by atoms with van der Waals surface area (Å²) in [6, 6.07) is 6.10. The Morgan fingerprint density at radius 3 is 2.19 bits per heavy atom. The first-order valence-corrected chi connectivity index (χ1v) is 11.5. The molecule has 13 heteroatoms. The fourth-order valence-corrected chi connectivity index (χ4v) is 4.83. The summed E-state index contributed by atoms with van der Waals surface area (Å²) in [7, 11) is 0. The van der Waals surface area contributed by atoms with Crippen molar-refractivity contribution in [3.05, 3.63) is 93.0 Å². The Hall–Kier alpha value is -2.95. The van der Waals surface area contributed by atoms with Gasteiger partial charge in [-0.05, 0) is 37.3 Å². The smallest absolute Gasteiger partial charge is 0.257 e. The van der Waals surface area contributed by atoms with Gasteiger partial charge in [0.15, 0.2) is 17.5 Å². The van der Waals surface area contributed by atoms with Crippen molar-refractivity contribution in [3.8, 4) is 0 Å². The van der Waals surface area contributed by atoms with E-state index in [0.717, 1.165) is 25.1 Å². The zero-order chi connectivity index (χ0) is 27.4. The van der Waals surface area contributed by atoms with Gasteiger partial charge in [-0.2, -0.15) is 0 Å². The van der Waals surface area contributed by atoms with E-state index >= 15 is 0 Å². The summed E-state index contributed by atoms with van der Waals surface area (Å²) < 4.78 is 81.5. The lowest BCUT2D eigenvalue weighted by Crippen LogP contribution is -2.18. The molecule has 0 spiro atoms. The van der Waals surface area contributed by atoms with Gasteiger partial charge in [-0.25, -0.2) is 26.3 Å². The Balaban J connectivity index is 1.57. The molecule has 0 aliphatic heterocycles. The standard InChI is InChI=1S/C24H13Cl3F6N2O2/c1-8-18(30)15(20(32)21(33)19(8)31)16-17(24(16,26)27)23(37)34-10-3-4-12(25)11(7-10)22(36)35-14-5-2-9(28)6-13(14)29/h2-7,16-17H,1H3,(H,34,37)(H,35,36). The number of benzene rings is 3. The number of rotatable bonds is 5. The summed E-state index contributed by atoms with van der Waals surface area (Å²) >= 11 is 18.2. The van der Waals surface area contributed by atoms with Crippen LogP contribution in [0.15, 0.2) is 36.4 Å². The number of hydrogen-bond donors (Lipinski definition) is 2. The second-order valence-corrected chi connectivity index (χ2v) is 10.0. The Morgan fingerprint density at radius 2 is 1.54 bits per heavy atom. The van der Waals surface area contributed by atoms with Gasteiger partial charge in [0.1, 0.15) is 21.8 Å². The molecule has 0 bridgehead atoms. The van der Waals surface area contributed by atoms with E-state index in [2.05, 4.69) is 10.6 Å². The lowest BCUT2D eigenvalue weighted by molar-refractivity contribution is -0.117. The largest absolute Gasteiger partial charge is 0.326 e. The molecule has 194 valence electrons. The highest BCUT2D eigenvalue weighted by atomic mass is 35.5. The van der Waals surface area contributed by atoms with Crippen LogP contribution in [0.1, 0.15) is 27.4 Å². The maximum atomic E-state index is 14.6. The average Bonchev–Trinajstić information content (AvgIpc) is 3.40. The molecule has 4 rings (SSSR count). The van der Waals surface area contributed by atoms with Gasteiger partial charge >= 0.3 is 0 Å². The molecular formula is C24H13Cl3F6N2O2. The van der Waals surface area contributed by atoms with Gasteiger partial charge in [0, 0.05) is 28.8 Å². The number of carbonyl (C=O) groups excluding carboxylic acids is 2. The minimum Gasteiger partial charge on any atom is -0.326 e. The molecule has 0 heterocycles. The highest BCUT2D eigenvalue weighted by Gasteiger charge is 2.69. The lowest BCUT2D eigenvalue weighted by Gasteiger charge is -2.11. The number of nitrogens with one attached hydrogen (secondary N) is 2. The van der Waals surface area contributed by atoms with Crippen molar-refractivity contribution < 1.29 is 35.9 Å². The number of anilines is 2. The molecule has 1 aliphatic carbocycles. The minimum atomic E-state index is -2.06. The molecule has 1 saturated carbocycles. The Kier molecular flexibility index (Phi) is 7.13. The molecule has 2 unspecified atom stereocenters. The first-order chi connectivity index (χ1) is 17.2. The molecule has 37 heavy (non-hydrogen) atoms. The zero-order valence-corrected chi connectivity index (χ0v) is 20.6. The molecule has 2 amide bonds. The van der Waals surface area contributed by atoms with Crippen LogP contribution in [0.3, 0.4) is 0 Å². The minimum absolute atomic E-state index is 0.0312. The van der Waals surface area contributed by atoms with Crippen LogP contribution in [0.5, 0.6) is 0 Å². The Morgan fingerprint density at radius 1 is 0.865 bits per heavy atom. The lowest BCUT2D eigenvalue weighted by atomic mass is 10.0. The summed E-state index contributed by atoms with van der Waals surface area (Å²) in [5.41, 5.74) is -2.37. The highest BCUT2D eigenvalue weighted by Crippen LogP contribution is 2.66. The van der Waals surface area contributed by atoms with E-state index in [9.17, 15) is 35.9 Å². The number of alkyl halides is 2. The third kappa shape index (κ3) is 4.85. The van der Waals surface area contributed by atoms with E-state index in [1.807, 2.05) is 0 Å².